The molecule has 0 unspecified atom stereocenters. The highest BCUT2D eigenvalue weighted by molar-refractivity contribution is 5.95. The van der Waals surface area contributed by atoms with Crippen LogP contribution in [0.15, 0.2) is 42.7 Å². The van der Waals surface area contributed by atoms with Gasteiger partial charge < -0.3 is 9.30 Å². The van der Waals surface area contributed by atoms with Crippen molar-refractivity contribution in [1.82, 2.24) is 19.1 Å². The molecule has 0 saturated carbocycles. The van der Waals surface area contributed by atoms with Gasteiger partial charge in [-0.15, -0.1) is 0 Å². The SMILES string of the molecule is Cc1cc2ccc(C(=O)N3[C@H]4CCC[C@@H]3c3nn(C)c(-c5cc(F)c(F)c(F)c5)c3C4)cn2c1. The minimum atomic E-state index is -1.48. The minimum Gasteiger partial charge on any atom is -0.327 e. The Labute approximate surface area is 194 Å². The van der Waals surface area contributed by atoms with Gasteiger partial charge in [-0.05, 0) is 68.5 Å². The fourth-order valence-corrected chi connectivity index (χ4v) is 5.73. The topological polar surface area (TPSA) is 42.5 Å². The molecule has 2 bridgehead atoms. The molecular formula is C26H23F3N4O. The molecule has 1 saturated heterocycles. The number of pyridine rings is 1. The van der Waals surface area contributed by atoms with Crippen LogP contribution >= 0.6 is 0 Å². The van der Waals surface area contributed by atoms with Crippen LogP contribution in [0.5, 0.6) is 0 Å². The predicted molar refractivity (Wildman–Crippen MR) is 121 cm³/mol. The van der Waals surface area contributed by atoms with Crippen LogP contribution in [-0.2, 0) is 13.5 Å². The summed E-state index contributed by atoms with van der Waals surface area (Å²) < 4.78 is 45.1. The Balaban J connectivity index is 1.42. The monoisotopic (exact) mass is 464 g/mol. The number of rotatable bonds is 2. The van der Waals surface area contributed by atoms with E-state index in [0.29, 0.717) is 17.7 Å². The van der Waals surface area contributed by atoms with Crippen molar-refractivity contribution >= 4 is 11.4 Å². The van der Waals surface area contributed by atoms with E-state index in [9.17, 15) is 18.0 Å². The molecule has 34 heavy (non-hydrogen) atoms. The summed E-state index contributed by atoms with van der Waals surface area (Å²) in [5.74, 6) is -3.98. The predicted octanol–water partition coefficient (Wildman–Crippen LogP) is 5.36. The third-order valence-electron chi connectivity index (χ3n) is 7.14. The van der Waals surface area contributed by atoms with E-state index in [1.165, 1.54) is 0 Å². The number of carbonyl (C=O) groups is 1. The lowest BCUT2D eigenvalue weighted by atomic mass is 9.81. The van der Waals surface area contributed by atoms with Crippen molar-refractivity contribution in [3.05, 3.63) is 82.6 Å². The number of aromatic nitrogens is 3. The molecule has 5 heterocycles. The van der Waals surface area contributed by atoms with Gasteiger partial charge in [0.25, 0.3) is 5.91 Å². The van der Waals surface area contributed by atoms with Crippen LogP contribution in [0.1, 0.15) is 52.5 Å². The second-order valence-electron chi connectivity index (χ2n) is 9.37. The number of aryl methyl sites for hydroxylation is 2. The number of piperidine rings is 1. The lowest BCUT2D eigenvalue weighted by Crippen LogP contribution is -2.49. The Bertz CT molecular complexity index is 1450. The molecule has 2 atom stereocenters. The molecule has 5 nitrogen and oxygen atoms in total. The van der Waals surface area contributed by atoms with Gasteiger partial charge in [0.1, 0.15) is 0 Å². The molecule has 4 aromatic rings. The summed E-state index contributed by atoms with van der Waals surface area (Å²) in [5, 5.41) is 4.69. The van der Waals surface area contributed by atoms with Crippen LogP contribution in [0, 0.1) is 24.4 Å². The highest BCUT2D eigenvalue weighted by Crippen LogP contribution is 2.45. The third kappa shape index (κ3) is 3.08. The number of hydrogen-bond acceptors (Lipinski definition) is 2. The molecule has 2 aliphatic heterocycles. The summed E-state index contributed by atoms with van der Waals surface area (Å²) in [6.45, 7) is 2.02. The number of fused-ring (bicyclic) bond motifs is 5. The van der Waals surface area contributed by atoms with Gasteiger partial charge in [0.2, 0.25) is 0 Å². The third-order valence-corrected chi connectivity index (χ3v) is 7.14. The highest BCUT2D eigenvalue weighted by atomic mass is 19.2. The number of benzene rings is 1. The number of nitrogens with zero attached hydrogens (tertiary/aromatic N) is 4. The molecule has 2 aliphatic rings. The average Bonchev–Trinajstić information content (AvgIpc) is 3.33. The first-order valence-corrected chi connectivity index (χ1v) is 11.4. The van der Waals surface area contributed by atoms with E-state index in [1.54, 1.807) is 11.7 Å². The zero-order valence-electron chi connectivity index (χ0n) is 18.9. The molecule has 0 spiro atoms. The Hall–Kier alpha value is -3.55. The number of carbonyl (C=O) groups excluding carboxylic acids is 1. The summed E-state index contributed by atoms with van der Waals surface area (Å²) in [6, 6.07) is 7.63. The molecule has 1 amide bonds. The fraction of sp³-hybridized carbons (Fsp3) is 0.308. The number of amides is 1. The lowest BCUT2D eigenvalue weighted by molar-refractivity contribution is 0.0391. The van der Waals surface area contributed by atoms with E-state index < -0.39 is 17.5 Å². The highest BCUT2D eigenvalue weighted by Gasteiger charge is 2.43. The van der Waals surface area contributed by atoms with Gasteiger partial charge in [-0.25, -0.2) is 13.2 Å². The van der Waals surface area contributed by atoms with Crippen LogP contribution in [0.25, 0.3) is 16.8 Å². The zero-order valence-corrected chi connectivity index (χ0v) is 18.9. The van der Waals surface area contributed by atoms with Crippen LogP contribution < -0.4 is 0 Å². The van der Waals surface area contributed by atoms with Crippen LogP contribution in [0.4, 0.5) is 13.2 Å². The summed E-state index contributed by atoms with van der Waals surface area (Å²) >= 11 is 0. The summed E-state index contributed by atoms with van der Waals surface area (Å²) in [7, 11) is 1.71. The molecule has 3 aromatic heterocycles. The molecule has 0 N–H and O–H groups in total. The van der Waals surface area contributed by atoms with Crippen LogP contribution in [0.2, 0.25) is 0 Å². The quantitative estimate of drug-likeness (QED) is 0.375. The van der Waals surface area contributed by atoms with Crippen molar-refractivity contribution < 1.29 is 18.0 Å². The van der Waals surface area contributed by atoms with Crippen LogP contribution in [0.3, 0.4) is 0 Å². The maximum absolute atomic E-state index is 14.0. The molecule has 1 aromatic carbocycles. The number of halogens is 3. The normalized spacial score (nSPS) is 19.5. The molecule has 6 rings (SSSR count). The van der Waals surface area contributed by atoms with Crippen molar-refractivity contribution in [3.63, 3.8) is 0 Å². The van der Waals surface area contributed by atoms with E-state index in [4.69, 9.17) is 0 Å². The molecule has 1 fully saturated rings. The number of hydrogen-bond donors (Lipinski definition) is 0. The van der Waals surface area contributed by atoms with Crippen molar-refractivity contribution in [2.75, 3.05) is 0 Å². The van der Waals surface area contributed by atoms with Gasteiger partial charge in [0.15, 0.2) is 17.5 Å². The largest absolute Gasteiger partial charge is 0.327 e. The Morgan fingerprint density at radius 2 is 1.82 bits per heavy atom. The van der Waals surface area contributed by atoms with Gasteiger partial charge in [-0.3, -0.25) is 9.48 Å². The van der Waals surface area contributed by atoms with Crippen molar-refractivity contribution in [2.24, 2.45) is 7.05 Å². The minimum absolute atomic E-state index is 0.0420. The van der Waals surface area contributed by atoms with Crippen molar-refractivity contribution in [3.8, 4) is 11.3 Å². The first-order valence-electron chi connectivity index (χ1n) is 11.4. The summed E-state index contributed by atoms with van der Waals surface area (Å²) in [5.41, 5.74) is 5.22. The average molecular weight is 464 g/mol. The first kappa shape index (κ1) is 21.0. The Kier molecular flexibility index (Phi) is 4.62. The standard InChI is InChI=1S/C26H23F3N4O/c1-14-8-17-7-6-15(13-32(17)12-14)26(34)33-18-4-3-5-22(33)24-19(11-18)25(31(2)30-24)16-9-20(27)23(29)21(28)10-16/h6-10,12-13,18,22H,3-5,11H2,1-2H3/t18-,22+/m0/s1. The van der Waals surface area contributed by atoms with E-state index in [1.807, 2.05) is 40.8 Å². The Morgan fingerprint density at radius 1 is 1.06 bits per heavy atom. The maximum atomic E-state index is 14.0. The zero-order chi connectivity index (χ0) is 23.7. The van der Waals surface area contributed by atoms with Crippen LogP contribution in [-0.4, -0.2) is 31.0 Å². The van der Waals surface area contributed by atoms with E-state index >= 15 is 0 Å². The first-order chi connectivity index (χ1) is 16.3. The van der Waals surface area contributed by atoms with Gasteiger partial charge >= 0.3 is 0 Å². The molecular weight excluding hydrogens is 441 g/mol. The van der Waals surface area contributed by atoms with E-state index in [2.05, 4.69) is 11.2 Å². The van der Waals surface area contributed by atoms with E-state index in [-0.39, 0.29) is 23.6 Å². The smallest absolute Gasteiger partial charge is 0.256 e. The van der Waals surface area contributed by atoms with Crippen molar-refractivity contribution in [2.45, 2.75) is 44.7 Å². The lowest BCUT2D eigenvalue weighted by Gasteiger charge is -2.45. The molecule has 8 heteroatoms. The van der Waals surface area contributed by atoms with Gasteiger partial charge in [0, 0.05) is 42.1 Å². The van der Waals surface area contributed by atoms with E-state index in [0.717, 1.165) is 53.7 Å². The Morgan fingerprint density at radius 3 is 2.59 bits per heavy atom. The molecule has 174 valence electrons. The molecule has 0 aliphatic carbocycles. The van der Waals surface area contributed by atoms with Gasteiger partial charge in [-0.2, -0.15) is 5.10 Å². The van der Waals surface area contributed by atoms with Gasteiger partial charge in [-0.1, -0.05) is 0 Å². The summed E-state index contributed by atoms with van der Waals surface area (Å²) in [4.78, 5) is 15.6. The second-order valence-corrected chi connectivity index (χ2v) is 9.37. The summed E-state index contributed by atoms with van der Waals surface area (Å²) in [6.07, 6.45) is 6.97. The second kappa shape index (κ2) is 7.48. The maximum Gasteiger partial charge on any atom is 0.256 e. The van der Waals surface area contributed by atoms with Crippen molar-refractivity contribution in [1.29, 1.82) is 0 Å². The fourth-order valence-electron chi connectivity index (χ4n) is 5.73. The van der Waals surface area contributed by atoms with Gasteiger partial charge in [0.05, 0.1) is 23.0 Å². The molecule has 0 radical (unpaired) electrons.